The highest BCUT2D eigenvalue weighted by molar-refractivity contribution is 5.92. The fraction of sp³-hybridized carbons (Fsp3) is 0.765. The third-order valence-electron chi connectivity index (χ3n) is 3.68. The van der Waals surface area contributed by atoms with E-state index in [1.807, 2.05) is 17.7 Å². The molecule has 2 N–H and O–H groups in total. The van der Waals surface area contributed by atoms with Crippen molar-refractivity contribution in [2.24, 2.45) is 5.92 Å². The number of carbonyl (C=O) groups excluding carboxylic acids is 1. The Labute approximate surface area is 134 Å². The summed E-state index contributed by atoms with van der Waals surface area (Å²) in [6, 6.07) is 1.89. The Kier molecular flexibility index (Phi) is 7.07. The fourth-order valence-corrected chi connectivity index (χ4v) is 2.24. The van der Waals surface area contributed by atoms with Crippen LogP contribution in [0.4, 0.5) is 0 Å². The van der Waals surface area contributed by atoms with Crippen LogP contribution in [-0.2, 0) is 12.0 Å². The molecule has 0 aromatic carbocycles. The Morgan fingerprint density at radius 2 is 2.09 bits per heavy atom. The van der Waals surface area contributed by atoms with Gasteiger partial charge < -0.3 is 10.4 Å². The van der Waals surface area contributed by atoms with Gasteiger partial charge in [-0.05, 0) is 18.4 Å². The van der Waals surface area contributed by atoms with Crippen molar-refractivity contribution in [3.05, 3.63) is 17.5 Å². The van der Waals surface area contributed by atoms with E-state index in [-0.39, 0.29) is 23.8 Å². The number of aromatic nitrogens is 2. The average Bonchev–Trinajstić information content (AvgIpc) is 2.89. The van der Waals surface area contributed by atoms with Crippen LogP contribution in [0, 0.1) is 5.92 Å². The van der Waals surface area contributed by atoms with Crippen LogP contribution >= 0.6 is 0 Å². The monoisotopic (exact) mass is 309 g/mol. The van der Waals surface area contributed by atoms with Crippen LogP contribution in [0.2, 0.25) is 0 Å². The summed E-state index contributed by atoms with van der Waals surface area (Å²) in [6.07, 6.45) is 3.40. The molecule has 5 heteroatoms. The number of nitrogens with one attached hydrogen (secondary N) is 1. The largest absolute Gasteiger partial charge is 0.396 e. The number of rotatable bonds is 8. The second-order valence-electron chi connectivity index (χ2n) is 7.09. The van der Waals surface area contributed by atoms with Crippen LogP contribution in [0.1, 0.15) is 70.1 Å². The molecule has 0 aliphatic rings. The molecule has 22 heavy (non-hydrogen) atoms. The predicted octanol–water partition coefficient (Wildman–Crippen LogP) is 2.73. The molecule has 0 saturated heterocycles. The SMILES string of the molecule is CCCCCn1nc(C(=O)NCC(C)CO)cc1C(C)(C)C. The fourth-order valence-electron chi connectivity index (χ4n) is 2.24. The molecule has 0 aliphatic carbocycles. The Morgan fingerprint density at radius 1 is 1.41 bits per heavy atom. The smallest absolute Gasteiger partial charge is 0.271 e. The topological polar surface area (TPSA) is 67.2 Å². The maximum atomic E-state index is 12.2. The van der Waals surface area contributed by atoms with E-state index in [2.05, 4.69) is 38.1 Å². The molecule has 1 amide bonds. The lowest BCUT2D eigenvalue weighted by atomic mass is 9.91. The first kappa shape index (κ1) is 18.7. The molecule has 0 saturated carbocycles. The normalized spacial score (nSPS) is 13.2. The minimum Gasteiger partial charge on any atom is -0.396 e. The molecular formula is C17H31N3O2. The van der Waals surface area contributed by atoms with E-state index in [0.29, 0.717) is 12.2 Å². The average molecular weight is 309 g/mol. The summed E-state index contributed by atoms with van der Waals surface area (Å²) in [4.78, 5) is 12.2. The van der Waals surface area contributed by atoms with Crippen LogP contribution in [-0.4, -0.2) is 33.9 Å². The van der Waals surface area contributed by atoms with Gasteiger partial charge in [-0.3, -0.25) is 9.48 Å². The number of nitrogens with zero attached hydrogens (tertiary/aromatic N) is 2. The van der Waals surface area contributed by atoms with Crippen molar-refractivity contribution < 1.29 is 9.90 Å². The molecule has 1 atom stereocenters. The summed E-state index contributed by atoms with van der Waals surface area (Å²) in [5.41, 5.74) is 1.51. The number of carbonyl (C=O) groups is 1. The van der Waals surface area contributed by atoms with Crippen molar-refractivity contribution >= 4 is 5.91 Å². The quantitative estimate of drug-likeness (QED) is 0.726. The molecule has 0 fully saturated rings. The third kappa shape index (κ3) is 5.44. The molecule has 1 heterocycles. The molecule has 126 valence electrons. The second-order valence-corrected chi connectivity index (χ2v) is 7.09. The van der Waals surface area contributed by atoms with E-state index >= 15 is 0 Å². The van der Waals surface area contributed by atoms with Crippen LogP contribution < -0.4 is 5.32 Å². The molecular weight excluding hydrogens is 278 g/mol. The molecule has 0 radical (unpaired) electrons. The maximum absolute atomic E-state index is 12.2. The summed E-state index contributed by atoms with van der Waals surface area (Å²) in [5.74, 6) is -0.113. The zero-order chi connectivity index (χ0) is 16.8. The molecule has 5 nitrogen and oxygen atoms in total. The van der Waals surface area contributed by atoms with E-state index in [4.69, 9.17) is 5.11 Å². The van der Waals surface area contributed by atoms with E-state index in [9.17, 15) is 4.79 Å². The number of aliphatic hydroxyl groups excluding tert-OH is 1. The number of hydrogen-bond acceptors (Lipinski definition) is 3. The van der Waals surface area contributed by atoms with Gasteiger partial charge in [0.15, 0.2) is 0 Å². The lowest BCUT2D eigenvalue weighted by molar-refractivity contribution is 0.0936. The molecule has 1 rings (SSSR count). The highest BCUT2D eigenvalue weighted by atomic mass is 16.3. The van der Waals surface area contributed by atoms with E-state index in [1.54, 1.807) is 0 Å². The molecule has 1 aromatic heterocycles. The van der Waals surface area contributed by atoms with Crippen LogP contribution in [0.15, 0.2) is 6.07 Å². The summed E-state index contributed by atoms with van der Waals surface area (Å²) in [5, 5.41) is 16.4. The van der Waals surface area contributed by atoms with Gasteiger partial charge >= 0.3 is 0 Å². The van der Waals surface area contributed by atoms with Crippen molar-refractivity contribution in [2.45, 2.75) is 65.8 Å². The second kappa shape index (κ2) is 8.32. The van der Waals surface area contributed by atoms with Gasteiger partial charge in [0.2, 0.25) is 0 Å². The van der Waals surface area contributed by atoms with Crippen LogP contribution in [0.3, 0.4) is 0 Å². The number of amides is 1. The Morgan fingerprint density at radius 3 is 2.64 bits per heavy atom. The zero-order valence-electron chi connectivity index (χ0n) is 14.6. The van der Waals surface area contributed by atoms with E-state index < -0.39 is 0 Å². The maximum Gasteiger partial charge on any atom is 0.271 e. The van der Waals surface area contributed by atoms with Gasteiger partial charge in [0.1, 0.15) is 5.69 Å². The van der Waals surface area contributed by atoms with E-state index in [0.717, 1.165) is 18.7 Å². The van der Waals surface area contributed by atoms with Crippen LogP contribution in [0.5, 0.6) is 0 Å². The van der Waals surface area contributed by atoms with Gasteiger partial charge in [-0.15, -0.1) is 0 Å². The standard InChI is InChI=1S/C17H31N3O2/c1-6-7-8-9-20-15(17(3,4)5)10-14(19-20)16(22)18-11-13(2)12-21/h10,13,21H,6-9,11-12H2,1-5H3,(H,18,22). The van der Waals surface area contributed by atoms with Crippen LogP contribution in [0.25, 0.3) is 0 Å². The Balaban J connectivity index is 2.85. The highest BCUT2D eigenvalue weighted by Crippen LogP contribution is 2.23. The van der Waals surface area contributed by atoms with Gasteiger partial charge in [0, 0.05) is 30.8 Å². The highest BCUT2D eigenvalue weighted by Gasteiger charge is 2.23. The zero-order valence-corrected chi connectivity index (χ0v) is 14.6. The molecule has 1 unspecified atom stereocenters. The Bertz CT molecular complexity index is 475. The molecule has 0 aliphatic heterocycles. The predicted molar refractivity (Wildman–Crippen MR) is 89.0 cm³/mol. The minimum atomic E-state index is -0.167. The summed E-state index contributed by atoms with van der Waals surface area (Å²) < 4.78 is 1.97. The number of hydrogen-bond donors (Lipinski definition) is 2. The van der Waals surface area contributed by atoms with Crippen molar-refractivity contribution in [1.82, 2.24) is 15.1 Å². The number of aliphatic hydroxyl groups is 1. The van der Waals surface area contributed by atoms with E-state index in [1.165, 1.54) is 12.8 Å². The first-order chi connectivity index (χ1) is 10.3. The molecule has 0 spiro atoms. The molecule has 1 aromatic rings. The number of aryl methyl sites for hydroxylation is 1. The number of unbranched alkanes of at least 4 members (excludes halogenated alkanes) is 2. The van der Waals surface area contributed by atoms with Gasteiger partial charge in [-0.1, -0.05) is 47.5 Å². The first-order valence-electron chi connectivity index (χ1n) is 8.27. The Hall–Kier alpha value is -1.36. The molecule has 0 bridgehead atoms. The third-order valence-corrected chi connectivity index (χ3v) is 3.68. The van der Waals surface area contributed by atoms with Gasteiger partial charge in [-0.25, -0.2) is 0 Å². The first-order valence-corrected chi connectivity index (χ1v) is 8.27. The van der Waals surface area contributed by atoms with Gasteiger partial charge in [-0.2, -0.15) is 5.10 Å². The van der Waals surface area contributed by atoms with Crippen molar-refractivity contribution in [2.75, 3.05) is 13.2 Å². The van der Waals surface area contributed by atoms with Gasteiger partial charge in [0.05, 0.1) is 0 Å². The van der Waals surface area contributed by atoms with Crippen molar-refractivity contribution in [3.8, 4) is 0 Å². The lowest BCUT2D eigenvalue weighted by Crippen LogP contribution is -2.29. The van der Waals surface area contributed by atoms with Crippen molar-refractivity contribution in [1.29, 1.82) is 0 Å². The summed E-state index contributed by atoms with van der Waals surface area (Å²) >= 11 is 0. The minimum absolute atomic E-state index is 0.0455. The van der Waals surface area contributed by atoms with Crippen molar-refractivity contribution in [3.63, 3.8) is 0 Å². The summed E-state index contributed by atoms with van der Waals surface area (Å²) in [6.45, 7) is 11.9. The van der Waals surface area contributed by atoms with Gasteiger partial charge in [0.25, 0.3) is 5.91 Å². The lowest BCUT2D eigenvalue weighted by Gasteiger charge is -2.20. The summed E-state index contributed by atoms with van der Waals surface area (Å²) in [7, 11) is 0.